The Kier molecular flexibility index (Phi) is 4.57. The molecular formula is C17H20BrNS. The number of hydrogen-bond donors (Lipinski definition) is 0. The Morgan fingerprint density at radius 3 is 2.75 bits per heavy atom. The molecule has 1 aliphatic carbocycles. The fraction of sp³-hybridized carbons (Fsp3) is 0.471. The van der Waals surface area contributed by atoms with E-state index >= 15 is 0 Å². The summed E-state index contributed by atoms with van der Waals surface area (Å²) in [7, 11) is 0. The van der Waals surface area contributed by atoms with Gasteiger partial charge in [-0.1, -0.05) is 41.4 Å². The van der Waals surface area contributed by atoms with Gasteiger partial charge in [0.2, 0.25) is 0 Å². The Labute approximate surface area is 133 Å². The third-order valence-corrected chi connectivity index (χ3v) is 5.92. The van der Waals surface area contributed by atoms with Crippen LogP contribution in [-0.4, -0.2) is 4.98 Å². The van der Waals surface area contributed by atoms with Gasteiger partial charge >= 0.3 is 0 Å². The zero-order valence-electron chi connectivity index (χ0n) is 11.8. The maximum absolute atomic E-state index is 4.89. The molecule has 0 unspecified atom stereocenters. The number of thiazole rings is 1. The van der Waals surface area contributed by atoms with Crippen LogP contribution in [0.3, 0.4) is 0 Å². The lowest BCUT2D eigenvalue weighted by molar-refractivity contribution is 0.318. The van der Waals surface area contributed by atoms with Crippen molar-refractivity contribution in [2.24, 2.45) is 5.92 Å². The van der Waals surface area contributed by atoms with Gasteiger partial charge in [0.25, 0.3) is 0 Å². The molecule has 1 aromatic heterocycles. The Hall–Kier alpha value is -0.670. The van der Waals surface area contributed by atoms with Gasteiger partial charge in [0.15, 0.2) is 0 Å². The van der Waals surface area contributed by atoms with Crippen LogP contribution in [0.5, 0.6) is 0 Å². The second-order valence-electron chi connectivity index (χ2n) is 5.71. The zero-order chi connectivity index (χ0) is 13.9. The van der Waals surface area contributed by atoms with Crippen molar-refractivity contribution in [1.29, 1.82) is 0 Å². The van der Waals surface area contributed by atoms with Crippen LogP contribution in [0.25, 0.3) is 11.3 Å². The Morgan fingerprint density at radius 2 is 2.05 bits per heavy atom. The SMILES string of the molecule is CCC1CCC(c2nc(-c3cccc(Br)c3)cs2)CC1. The van der Waals surface area contributed by atoms with Crippen molar-refractivity contribution in [2.45, 2.75) is 44.9 Å². The number of benzene rings is 1. The van der Waals surface area contributed by atoms with Crippen LogP contribution >= 0.6 is 27.3 Å². The topological polar surface area (TPSA) is 12.9 Å². The Morgan fingerprint density at radius 1 is 1.25 bits per heavy atom. The van der Waals surface area contributed by atoms with Crippen molar-refractivity contribution >= 4 is 27.3 Å². The van der Waals surface area contributed by atoms with E-state index < -0.39 is 0 Å². The first-order chi connectivity index (χ1) is 9.76. The molecule has 20 heavy (non-hydrogen) atoms. The third kappa shape index (κ3) is 3.15. The van der Waals surface area contributed by atoms with Gasteiger partial charge in [-0.2, -0.15) is 0 Å². The van der Waals surface area contributed by atoms with Crippen LogP contribution in [0.2, 0.25) is 0 Å². The normalized spacial score (nSPS) is 22.9. The highest BCUT2D eigenvalue weighted by Crippen LogP contribution is 2.39. The molecule has 1 saturated carbocycles. The molecule has 1 nitrogen and oxygen atoms in total. The van der Waals surface area contributed by atoms with Crippen molar-refractivity contribution in [3.63, 3.8) is 0 Å². The van der Waals surface area contributed by atoms with Crippen molar-refractivity contribution in [2.75, 3.05) is 0 Å². The van der Waals surface area contributed by atoms with Gasteiger partial charge in [-0.05, 0) is 43.7 Å². The minimum absolute atomic E-state index is 0.698. The molecule has 0 atom stereocenters. The minimum atomic E-state index is 0.698. The van der Waals surface area contributed by atoms with E-state index in [1.165, 1.54) is 42.7 Å². The second kappa shape index (κ2) is 6.40. The van der Waals surface area contributed by atoms with E-state index in [0.717, 1.165) is 16.1 Å². The highest BCUT2D eigenvalue weighted by Gasteiger charge is 2.23. The van der Waals surface area contributed by atoms with Crippen molar-refractivity contribution in [1.82, 2.24) is 4.98 Å². The fourth-order valence-electron chi connectivity index (χ4n) is 3.07. The van der Waals surface area contributed by atoms with Gasteiger partial charge in [0.05, 0.1) is 10.7 Å². The van der Waals surface area contributed by atoms with E-state index in [9.17, 15) is 0 Å². The standard InChI is InChI=1S/C17H20BrNS/c1-2-12-6-8-13(9-7-12)17-19-16(11-20-17)14-4-3-5-15(18)10-14/h3-5,10-13H,2,6-9H2,1H3. The van der Waals surface area contributed by atoms with E-state index in [0.29, 0.717) is 5.92 Å². The molecular weight excluding hydrogens is 330 g/mol. The molecule has 106 valence electrons. The summed E-state index contributed by atoms with van der Waals surface area (Å²) in [4.78, 5) is 4.89. The maximum Gasteiger partial charge on any atom is 0.0963 e. The van der Waals surface area contributed by atoms with Crippen LogP contribution in [0.1, 0.15) is 50.0 Å². The maximum atomic E-state index is 4.89. The highest BCUT2D eigenvalue weighted by atomic mass is 79.9. The second-order valence-corrected chi connectivity index (χ2v) is 7.51. The summed E-state index contributed by atoms with van der Waals surface area (Å²) in [6.45, 7) is 2.32. The van der Waals surface area contributed by atoms with Crippen LogP contribution in [0.4, 0.5) is 0 Å². The quantitative estimate of drug-likeness (QED) is 0.637. The van der Waals surface area contributed by atoms with Gasteiger partial charge in [0, 0.05) is 21.3 Å². The summed E-state index contributed by atoms with van der Waals surface area (Å²) in [5, 5.41) is 3.55. The van der Waals surface area contributed by atoms with Crippen LogP contribution in [-0.2, 0) is 0 Å². The average Bonchev–Trinajstić information content (AvgIpc) is 2.97. The molecule has 0 spiro atoms. The summed E-state index contributed by atoms with van der Waals surface area (Å²) >= 11 is 5.37. The summed E-state index contributed by atoms with van der Waals surface area (Å²) in [5.74, 6) is 1.65. The first-order valence-corrected chi connectivity index (χ1v) is 9.15. The molecule has 1 aliphatic rings. The number of nitrogens with zero attached hydrogens (tertiary/aromatic N) is 1. The molecule has 0 bridgehead atoms. The van der Waals surface area contributed by atoms with E-state index in [4.69, 9.17) is 4.98 Å². The smallest absolute Gasteiger partial charge is 0.0963 e. The molecule has 0 amide bonds. The predicted octanol–water partition coefficient (Wildman–Crippen LogP) is 6.26. The lowest BCUT2D eigenvalue weighted by Gasteiger charge is -2.26. The molecule has 0 N–H and O–H groups in total. The van der Waals surface area contributed by atoms with Crippen molar-refractivity contribution < 1.29 is 0 Å². The summed E-state index contributed by atoms with van der Waals surface area (Å²) in [6.07, 6.45) is 6.75. The highest BCUT2D eigenvalue weighted by molar-refractivity contribution is 9.10. The molecule has 0 saturated heterocycles. The van der Waals surface area contributed by atoms with Gasteiger partial charge in [-0.25, -0.2) is 4.98 Å². The third-order valence-electron chi connectivity index (χ3n) is 4.42. The predicted molar refractivity (Wildman–Crippen MR) is 90.2 cm³/mol. The first-order valence-electron chi connectivity index (χ1n) is 7.47. The van der Waals surface area contributed by atoms with Crippen molar-refractivity contribution in [3.05, 3.63) is 39.1 Å². The van der Waals surface area contributed by atoms with E-state index in [1.807, 2.05) is 11.3 Å². The van der Waals surface area contributed by atoms with Gasteiger partial charge in [-0.3, -0.25) is 0 Å². The largest absolute Gasteiger partial charge is 0.241 e. The summed E-state index contributed by atoms with van der Waals surface area (Å²) in [5.41, 5.74) is 2.34. The van der Waals surface area contributed by atoms with Gasteiger partial charge in [0.1, 0.15) is 0 Å². The minimum Gasteiger partial charge on any atom is -0.241 e. The lowest BCUT2D eigenvalue weighted by Crippen LogP contribution is -2.12. The molecule has 3 rings (SSSR count). The fourth-order valence-corrected chi connectivity index (χ4v) is 4.47. The Bertz CT molecular complexity index is 570. The molecule has 0 radical (unpaired) electrons. The number of rotatable bonds is 3. The van der Waals surface area contributed by atoms with Crippen molar-refractivity contribution in [3.8, 4) is 11.3 Å². The molecule has 0 aliphatic heterocycles. The number of hydrogen-bond acceptors (Lipinski definition) is 2. The first kappa shape index (κ1) is 14.3. The van der Waals surface area contributed by atoms with Crippen LogP contribution < -0.4 is 0 Å². The summed E-state index contributed by atoms with van der Waals surface area (Å²) < 4.78 is 1.12. The van der Waals surface area contributed by atoms with E-state index in [-0.39, 0.29) is 0 Å². The Balaban J connectivity index is 1.74. The van der Waals surface area contributed by atoms with Crippen LogP contribution in [0, 0.1) is 5.92 Å². The molecule has 2 aromatic rings. The zero-order valence-corrected chi connectivity index (χ0v) is 14.2. The molecule has 1 heterocycles. The molecule has 1 aromatic carbocycles. The van der Waals surface area contributed by atoms with Gasteiger partial charge in [-0.15, -0.1) is 11.3 Å². The number of halogens is 1. The lowest BCUT2D eigenvalue weighted by atomic mass is 9.81. The monoisotopic (exact) mass is 349 g/mol. The summed E-state index contributed by atoms with van der Waals surface area (Å²) in [6, 6.07) is 8.41. The van der Waals surface area contributed by atoms with Crippen LogP contribution in [0.15, 0.2) is 34.1 Å². The van der Waals surface area contributed by atoms with E-state index in [2.05, 4.69) is 52.5 Å². The average molecular weight is 350 g/mol. The molecule has 3 heteroatoms. The molecule has 1 fully saturated rings. The van der Waals surface area contributed by atoms with E-state index in [1.54, 1.807) is 0 Å². The van der Waals surface area contributed by atoms with Gasteiger partial charge < -0.3 is 0 Å². The number of aromatic nitrogens is 1.